The molecule has 138 valence electrons. The number of halogens is 2. The molecule has 0 aromatic heterocycles. The Kier molecular flexibility index (Phi) is 6.39. The van der Waals surface area contributed by atoms with Gasteiger partial charge in [-0.1, -0.05) is 41.4 Å². The van der Waals surface area contributed by atoms with E-state index in [1.807, 2.05) is 50.2 Å². The normalized spacial score (nSPS) is 10.5. The van der Waals surface area contributed by atoms with E-state index in [4.69, 9.17) is 11.6 Å². The van der Waals surface area contributed by atoms with Crippen molar-refractivity contribution < 1.29 is 4.79 Å². The van der Waals surface area contributed by atoms with E-state index in [9.17, 15) is 4.79 Å². The molecular formula is C22H20ClIN2O. The first kappa shape index (κ1) is 19.7. The Morgan fingerprint density at radius 1 is 1.00 bits per heavy atom. The Morgan fingerprint density at radius 2 is 1.78 bits per heavy atom. The minimum absolute atomic E-state index is 0.162. The second kappa shape index (κ2) is 8.76. The van der Waals surface area contributed by atoms with Crippen LogP contribution in [0.1, 0.15) is 27.0 Å². The van der Waals surface area contributed by atoms with Gasteiger partial charge in [0.25, 0.3) is 5.91 Å². The fourth-order valence-corrected chi connectivity index (χ4v) is 3.64. The van der Waals surface area contributed by atoms with Crippen LogP contribution in [0.4, 0.5) is 11.4 Å². The van der Waals surface area contributed by atoms with Crippen molar-refractivity contribution in [3.05, 3.63) is 91.5 Å². The average molecular weight is 491 g/mol. The van der Waals surface area contributed by atoms with Crippen LogP contribution in [0, 0.1) is 17.4 Å². The summed E-state index contributed by atoms with van der Waals surface area (Å²) in [4.78, 5) is 12.8. The lowest BCUT2D eigenvalue weighted by atomic mass is 10.1. The number of nitrogens with one attached hydrogen (secondary N) is 2. The first-order valence-electron chi connectivity index (χ1n) is 8.59. The lowest BCUT2D eigenvalue weighted by Crippen LogP contribution is -2.23. The van der Waals surface area contributed by atoms with Gasteiger partial charge in [0, 0.05) is 20.8 Å². The lowest BCUT2D eigenvalue weighted by molar-refractivity contribution is 0.0951. The Hall–Kier alpha value is -2.05. The summed E-state index contributed by atoms with van der Waals surface area (Å²) in [5.41, 5.74) is 5.56. The molecule has 0 atom stereocenters. The Labute approximate surface area is 178 Å². The molecule has 0 bridgehead atoms. The SMILES string of the molecule is Cc1cccc(CNC(=O)c2cc(Cl)ccc2Nc2ccc(I)cc2C)c1. The van der Waals surface area contributed by atoms with Crippen molar-refractivity contribution in [2.75, 3.05) is 5.32 Å². The molecule has 3 aromatic carbocycles. The van der Waals surface area contributed by atoms with Crippen LogP contribution in [0.3, 0.4) is 0 Å². The van der Waals surface area contributed by atoms with E-state index in [1.54, 1.807) is 12.1 Å². The molecular weight excluding hydrogens is 471 g/mol. The summed E-state index contributed by atoms with van der Waals surface area (Å²) in [6.07, 6.45) is 0. The first-order chi connectivity index (χ1) is 12.9. The molecule has 0 spiro atoms. The van der Waals surface area contributed by atoms with Gasteiger partial charge >= 0.3 is 0 Å². The summed E-state index contributed by atoms with van der Waals surface area (Å²) in [7, 11) is 0. The zero-order valence-electron chi connectivity index (χ0n) is 15.1. The number of rotatable bonds is 5. The third-order valence-electron chi connectivity index (χ3n) is 4.22. The molecule has 1 amide bonds. The van der Waals surface area contributed by atoms with Crippen molar-refractivity contribution in [2.45, 2.75) is 20.4 Å². The van der Waals surface area contributed by atoms with E-state index in [0.717, 1.165) is 22.5 Å². The number of amides is 1. The second-order valence-electron chi connectivity index (χ2n) is 6.45. The van der Waals surface area contributed by atoms with Crippen LogP contribution in [0.25, 0.3) is 0 Å². The van der Waals surface area contributed by atoms with Gasteiger partial charge in [0.15, 0.2) is 0 Å². The highest BCUT2D eigenvalue weighted by atomic mass is 127. The van der Waals surface area contributed by atoms with Crippen molar-refractivity contribution in [3.8, 4) is 0 Å². The summed E-state index contributed by atoms with van der Waals surface area (Å²) in [5.74, 6) is -0.162. The number of carbonyl (C=O) groups is 1. The number of hydrogen-bond donors (Lipinski definition) is 2. The van der Waals surface area contributed by atoms with Gasteiger partial charge in [-0.25, -0.2) is 0 Å². The fraction of sp³-hybridized carbons (Fsp3) is 0.136. The molecule has 27 heavy (non-hydrogen) atoms. The highest BCUT2D eigenvalue weighted by Gasteiger charge is 2.13. The van der Waals surface area contributed by atoms with Crippen LogP contribution >= 0.6 is 34.2 Å². The van der Waals surface area contributed by atoms with Crippen molar-refractivity contribution in [3.63, 3.8) is 0 Å². The monoisotopic (exact) mass is 490 g/mol. The molecule has 3 nitrogen and oxygen atoms in total. The van der Waals surface area contributed by atoms with Gasteiger partial charge < -0.3 is 10.6 Å². The highest BCUT2D eigenvalue weighted by Crippen LogP contribution is 2.27. The topological polar surface area (TPSA) is 41.1 Å². The van der Waals surface area contributed by atoms with Gasteiger partial charge in [0.1, 0.15) is 0 Å². The Balaban J connectivity index is 1.81. The third-order valence-corrected chi connectivity index (χ3v) is 5.13. The van der Waals surface area contributed by atoms with Crippen LogP contribution < -0.4 is 10.6 Å². The predicted molar refractivity (Wildman–Crippen MR) is 121 cm³/mol. The molecule has 0 aliphatic carbocycles. The van der Waals surface area contributed by atoms with Gasteiger partial charge in [0.2, 0.25) is 0 Å². The first-order valence-corrected chi connectivity index (χ1v) is 10.0. The minimum atomic E-state index is -0.162. The van der Waals surface area contributed by atoms with Gasteiger partial charge in [-0.05, 0) is 84.0 Å². The maximum atomic E-state index is 12.8. The second-order valence-corrected chi connectivity index (χ2v) is 8.13. The lowest BCUT2D eigenvalue weighted by Gasteiger charge is -2.15. The summed E-state index contributed by atoms with van der Waals surface area (Å²) < 4.78 is 1.17. The molecule has 0 heterocycles. The molecule has 0 aliphatic heterocycles. The quantitative estimate of drug-likeness (QED) is 0.416. The summed E-state index contributed by atoms with van der Waals surface area (Å²) in [6.45, 7) is 4.54. The predicted octanol–water partition coefficient (Wildman–Crippen LogP) is 6.24. The Bertz CT molecular complexity index is 988. The number of anilines is 2. The maximum absolute atomic E-state index is 12.8. The van der Waals surface area contributed by atoms with Crippen LogP contribution in [0.5, 0.6) is 0 Å². The molecule has 0 aliphatic rings. The van der Waals surface area contributed by atoms with Gasteiger partial charge in [0.05, 0.1) is 11.3 Å². The van der Waals surface area contributed by atoms with Crippen LogP contribution in [-0.2, 0) is 6.54 Å². The highest BCUT2D eigenvalue weighted by molar-refractivity contribution is 14.1. The van der Waals surface area contributed by atoms with Gasteiger partial charge in [-0.2, -0.15) is 0 Å². The van der Waals surface area contributed by atoms with E-state index < -0.39 is 0 Å². The largest absolute Gasteiger partial charge is 0.355 e. The number of carbonyl (C=O) groups excluding carboxylic acids is 1. The van der Waals surface area contributed by atoms with E-state index in [2.05, 4.69) is 45.4 Å². The standard InChI is InChI=1S/C22H20ClIN2O/c1-14-4-3-5-16(10-14)13-25-22(27)19-12-17(23)6-8-21(19)26-20-9-7-18(24)11-15(20)2/h3-12,26H,13H2,1-2H3,(H,25,27). The van der Waals surface area contributed by atoms with Crippen LogP contribution in [-0.4, -0.2) is 5.91 Å². The van der Waals surface area contributed by atoms with E-state index in [0.29, 0.717) is 17.1 Å². The van der Waals surface area contributed by atoms with Crippen molar-refractivity contribution in [2.24, 2.45) is 0 Å². The van der Waals surface area contributed by atoms with Crippen LogP contribution in [0.2, 0.25) is 5.02 Å². The molecule has 5 heteroatoms. The molecule has 0 saturated heterocycles. The smallest absolute Gasteiger partial charge is 0.253 e. The third kappa shape index (κ3) is 5.23. The zero-order valence-corrected chi connectivity index (χ0v) is 18.1. The Morgan fingerprint density at radius 3 is 2.52 bits per heavy atom. The van der Waals surface area contributed by atoms with Crippen molar-refractivity contribution in [1.29, 1.82) is 0 Å². The van der Waals surface area contributed by atoms with Gasteiger partial charge in [-0.3, -0.25) is 4.79 Å². The fourth-order valence-electron chi connectivity index (χ4n) is 2.83. The molecule has 2 N–H and O–H groups in total. The van der Waals surface area contributed by atoms with E-state index >= 15 is 0 Å². The van der Waals surface area contributed by atoms with Crippen molar-refractivity contribution >= 4 is 51.5 Å². The number of hydrogen-bond acceptors (Lipinski definition) is 2. The average Bonchev–Trinajstić information content (AvgIpc) is 2.63. The summed E-state index contributed by atoms with van der Waals surface area (Å²) in [6, 6.07) is 19.5. The minimum Gasteiger partial charge on any atom is -0.355 e. The zero-order chi connectivity index (χ0) is 19.4. The molecule has 3 rings (SSSR count). The number of benzene rings is 3. The molecule has 3 aromatic rings. The summed E-state index contributed by atoms with van der Waals surface area (Å²) in [5, 5.41) is 6.87. The van der Waals surface area contributed by atoms with Crippen LogP contribution in [0.15, 0.2) is 60.7 Å². The maximum Gasteiger partial charge on any atom is 0.253 e. The molecule has 0 radical (unpaired) electrons. The van der Waals surface area contributed by atoms with E-state index in [-0.39, 0.29) is 5.91 Å². The summed E-state index contributed by atoms with van der Waals surface area (Å²) >= 11 is 8.43. The molecule has 0 fully saturated rings. The number of aryl methyl sites for hydroxylation is 2. The van der Waals surface area contributed by atoms with E-state index in [1.165, 1.54) is 9.13 Å². The van der Waals surface area contributed by atoms with Crippen molar-refractivity contribution in [1.82, 2.24) is 5.32 Å². The molecule has 0 saturated carbocycles. The van der Waals surface area contributed by atoms with Gasteiger partial charge in [-0.15, -0.1) is 0 Å². The molecule has 0 unspecified atom stereocenters.